The van der Waals surface area contributed by atoms with Crippen LogP contribution in [0.15, 0.2) is 29.2 Å². The maximum absolute atomic E-state index is 12.9. The number of amides is 1. The highest BCUT2D eigenvalue weighted by Gasteiger charge is 2.34. The summed E-state index contributed by atoms with van der Waals surface area (Å²) < 4.78 is 27.2. The molecule has 2 aliphatic heterocycles. The zero-order valence-corrected chi connectivity index (χ0v) is 17.2. The van der Waals surface area contributed by atoms with Crippen LogP contribution in [0.1, 0.15) is 38.2 Å². The van der Waals surface area contributed by atoms with E-state index in [2.05, 4.69) is 12.2 Å². The van der Waals surface area contributed by atoms with Crippen LogP contribution in [-0.4, -0.2) is 57.4 Å². The van der Waals surface area contributed by atoms with E-state index >= 15 is 0 Å². The average molecular weight is 406 g/mol. The minimum absolute atomic E-state index is 0.0468. The van der Waals surface area contributed by atoms with Crippen LogP contribution in [0.3, 0.4) is 0 Å². The van der Waals surface area contributed by atoms with Gasteiger partial charge in [-0.1, -0.05) is 12.1 Å². The Morgan fingerprint density at radius 2 is 1.86 bits per heavy atom. The van der Waals surface area contributed by atoms with Crippen LogP contribution in [0.5, 0.6) is 0 Å². The second-order valence-electron chi connectivity index (χ2n) is 7.67. The predicted octanol–water partition coefficient (Wildman–Crippen LogP) is 0.142. The molecular weight excluding hydrogens is 376 g/mol. The van der Waals surface area contributed by atoms with E-state index in [-0.39, 0.29) is 28.3 Å². The standard InChI is InChI=1S/C20H28N4O3S/c1-2-23-11-9-18(10-12-23)22-20(25)16-7-13-24(14-8-16)28(26,27)19-6-4-3-5-17(19)15-21/h3-6,16,18H,2,7-14H2,1H3,(H,22,25)/p+1. The molecule has 3 rings (SSSR count). The summed E-state index contributed by atoms with van der Waals surface area (Å²) in [6.45, 7) is 6.11. The van der Waals surface area contributed by atoms with Crippen LogP contribution in [-0.2, 0) is 14.8 Å². The molecule has 152 valence electrons. The molecule has 1 aromatic carbocycles. The Labute approximate surface area is 167 Å². The second kappa shape index (κ2) is 9.03. The maximum atomic E-state index is 12.9. The van der Waals surface area contributed by atoms with Gasteiger partial charge in [-0.2, -0.15) is 9.57 Å². The first kappa shape index (κ1) is 20.8. The monoisotopic (exact) mass is 405 g/mol. The summed E-state index contributed by atoms with van der Waals surface area (Å²) >= 11 is 0. The molecule has 0 aromatic heterocycles. The summed E-state index contributed by atoms with van der Waals surface area (Å²) in [5.41, 5.74) is 0.155. The number of nitrogens with zero attached hydrogens (tertiary/aromatic N) is 2. The Morgan fingerprint density at radius 1 is 1.21 bits per heavy atom. The summed E-state index contributed by atoms with van der Waals surface area (Å²) in [5, 5.41) is 12.4. The quantitative estimate of drug-likeness (QED) is 0.729. The molecule has 0 radical (unpaired) electrons. The van der Waals surface area contributed by atoms with Crippen molar-refractivity contribution < 1.29 is 18.1 Å². The molecule has 0 bridgehead atoms. The summed E-state index contributed by atoms with van der Waals surface area (Å²) in [5.74, 6) is -0.0892. The molecule has 0 spiro atoms. The van der Waals surface area contributed by atoms with E-state index < -0.39 is 10.0 Å². The highest BCUT2D eigenvalue weighted by molar-refractivity contribution is 7.89. The number of carbonyl (C=O) groups is 1. The highest BCUT2D eigenvalue weighted by Crippen LogP contribution is 2.26. The van der Waals surface area contributed by atoms with Crippen molar-refractivity contribution >= 4 is 15.9 Å². The molecule has 0 unspecified atom stereocenters. The maximum Gasteiger partial charge on any atom is 0.244 e. The molecule has 2 saturated heterocycles. The van der Waals surface area contributed by atoms with Gasteiger partial charge in [0.1, 0.15) is 6.07 Å². The molecule has 0 aliphatic carbocycles. The number of hydrogen-bond acceptors (Lipinski definition) is 4. The molecule has 1 aromatic rings. The van der Waals surface area contributed by atoms with E-state index in [1.807, 2.05) is 6.07 Å². The van der Waals surface area contributed by atoms with Crippen molar-refractivity contribution in [1.82, 2.24) is 9.62 Å². The molecule has 2 fully saturated rings. The normalized spacial score (nSPS) is 24.4. The zero-order chi connectivity index (χ0) is 20.1. The fourth-order valence-electron chi connectivity index (χ4n) is 4.12. The third-order valence-corrected chi connectivity index (χ3v) is 7.95. The number of likely N-dealkylation sites (tertiary alicyclic amines) is 1. The molecule has 2 aliphatic rings. The van der Waals surface area contributed by atoms with Gasteiger partial charge in [-0.15, -0.1) is 0 Å². The number of piperidine rings is 2. The minimum atomic E-state index is -3.71. The van der Waals surface area contributed by atoms with Gasteiger partial charge in [0.05, 0.1) is 30.1 Å². The van der Waals surface area contributed by atoms with E-state index in [4.69, 9.17) is 0 Å². The average Bonchev–Trinajstić information content (AvgIpc) is 2.74. The fraction of sp³-hybridized carbons (Fsp3) is 0.600. The molecule has 1 amide bonds. The number of hydrogen-bond donors (Lipinski definition) is 2. The third kappa shape index (κ3) is 4.54. The zero-order valence-electron chi connectivity index (χ0n) is 16.4. The van der Waals surface area contributed by atoms with Crippen LogP contribution in [0.25, 0.3) is 0 Å². The Bertz CT molecular complexity index is 833. The predicted molar refractivity (Wildman–Crippen MR) is 105 cm³/mol. The second-order valence-corrected chi connectivity index (χ2v) is 9.58. The third-order valence-electron chi connectivity index (χ3n) is 5.99. The number of benzene rings is 1. The lowest BCUT2D eigenvalue weighted by atomic mass is 9.96. The Kier molecular flexibility index (Phi) is 6.70. The van der Waals surface area contributed by atoms with Crippen LogP contribution >= 0.6 is 0 Å². The number of carbonyl (C=O) groups excluding carboxylic acids is 1. The molecule has 0 atom stereocenters. The van der Waals surface area contributed by atoms with Crippen molar-refractivity contribution in [3.63, 3.8) is 0 Å². The summed E-state index contributed by atoms with van der Waals surface area (Å²) in [6, 6.07) is 8.45. The summed E-state index contributed by atoms with van der Waals surface area (Å²) in [6.07, 6.45) is 3.04. The van der Waals surface area contributed by atoms with E-state index in [0.717, 1.165) is 32.5 Å². The van der Waals surface area contributed by atoms with Gasteiger partial charge in [-0.05, 0) is 31.9 Å². The van der Waals surface area contributed by atoms with Gasteiger partial charge in [0, 0.05) is 37.9 Å². The van der Waals surface area contributed by atoms with Gasteiger partial charge >= 0.3 is 0 Å². The smallest absolute Gasteiger partial charge is 0.244 e. The highest BCUT2D eigenvalue weighted by atomic mass is 32.2. The van der Waals surface area contributed by atoms with Crippen molar-refractivity contribution in [3.05, 3.63) is 29.8 Å². The van der Waals surface area contributed by atoms with Gasteiger partial charge in [0.2, 0.25) is 15.9 Å². The first-order valence-electron chi connectivity index (χ1n) is 10.1. The Hall–Kier alpha value is -1.95. The first-order valence-corrected chi connectivity index (χ1v) is 11.5. The topological polar surface area (TPSA) is 94.7 Å². The van der Waals surface area contributed by atoms with Crippen molar-refractivity contribution in [2.45, 2.75) is 43.5 Å². The lowest BCUT2D eigenvalue weighted by Gasteiger charge is -2.33. The fourth-order valence-corrected chi connectivity index (χ4v) is 5.74. The van der Waals surface area contributed by atoms with Crippen LogP contribution < -0.4 is 10.2 Å². The number of sulfonamides is 1. The largest absolute Gasteiger partial charge is 0.353 e. The number of nitriles is 1. The SMILES string of the molecule is CC[NH+]1CCC(NC(=O)C2CCN(S(=O)(=O)c3ccccc3C#N)CC2)CC1. The lowest BCUT2D eigenvalue weighted by molar-refractivity contribution is -0.903. The van der Waals surface area contributed by atoms with Gasteiger partial charge in [-0.25, -0.2) is 8.42 Å². The van der Waals surface area contributed by atoms with E-state index in [0.29, 0.717) is 25.9 Å². The van der Waals surface area contributed by atoms with Gasteiger partial charge < -0.3 is 10.2 Å². The molecule has 8 heteroatoms. The molecule has 7 nitrogen and oxygen atoms in total. The molecular formula is C20H29N4O3S+. The summed E-state index contributed by atoms with van der Waals surface area (Å²) in [7, 11) is -3.71. The van der Waals surface area contributed by atoms with Gasteiger partial charge in [0.25, 0.3) is 0 Å². The Balaban J connectivity index is 1.55. The van der Waals surface area contributed by atoms with E-state index in [1.165, 1.54) is 16.4 Å². The van der Waals surface area contributed by atoms with Gasteiger partial charge in [-0.3, -0.25) is 4.79 Å². The van der Waals surface area contributed by atoms with E-state index in [1.54, 1.807) is 17.0 Å². The Morgan fingerprint density at radius 3 is 2.46 bits per heavy atom. The van der Waals surface area contributed by atoms with Crippen LogP contribution in [0.4, 0.5) is 0 Å². The molecule has 2 heterocycles. The number of quaternary nitrogens is 1. The van der Waals surface area contributed by atoms with Crippen molar-refractivity contribution in [2.75, 3.05) is 32.7 Å². The van der Waals surface area contributed by atoms with Crippen molar-refractivity contribution in [1.29, 1.82) is 5.26 Å². The number of rotatable bonds is 5. The minimum Gasteiger partial charge on any atom is -0.353 e. The van der Waals surface area contributed by atoms with Crippen molar-refractivity contribution in [3.8, 4) is 6.07 Å². The molecule has 2 N–H and O–H groups in total. The van der Waals surface area contributed by atoms with E-state index in [9.17, 15) is 18.5 Å². The van der Waals surface area contributed by atoms with Gasteiger partial charge in [0.15, 0.2) is 0 Å². The van der Waals surface area contributed by atoms with Crippen LogP contribution in [0.2, 0.25) is 0 Å². The lowest BCUT2D eigenvalue weighted by Crippen LogP contribution is -3.13. The number of nitrogens with one attached hydrogen (secondary N) is 2. The molecule has 28 heavy (non-hydrogen) atoms. The van der Waals surface area contributed by atoms with Crippen molar-refractivity contribution in [2.24, 2.45) is 5.92 Å². The van der Waals surface area contributed by atoms with Crippen LogP contribution in [0, 0.1) is 17.2 Å². The summed E-state index contributed by atoms with van der Waals surface area (Å²) in [4.78, 5) is 14.2. The first-order chi connectivity index (χ1) is 13.5. The molecule has 0 saturated carbocycles.